The number of aromatic amines is 1. The molecule has 0 spiro atoms. The Kier molecular flexibility index (Phi) is 6.28. The van der Waals surface area contributed by atoms with Gasteiger partial charge in [0.1, 0.15) is 11.7 Å². The summed E-state index contributed by atoms with van der Waals surface area (Å²) in [6.45, 7) is 4.81. The van der Waals surface area contributed by atoms with E-state index in [1.165, 1.54) is 4.90 Å². The van der Waals surface area contributed by atoms with Crippen molar-refractivity contribution in [2.75, 3.05) is 19.3 Å². The van der Waals surface area contributed by atoms with Gasteiger partial charge < -0.3 is 14.6 Å². The monoisotopic (exact) mass is 453 g/mol. The number of nitro groups is 1. The lowest BCUT2D eigenvalue weighted by Crippen LogP contribution is -2.48. The predicted molar refractivity (Wildman–Crippen MR) is 114 cm³/mol. The fraction of sp³-hybridized carbons (Fsp3) is 0.550. The molecule has 0 radical (unpaired) electrons. The van der Waals surface area contributed by atoms with Crippen LogP contribution >= 0.6 is 0 Å². The van der Waals surface area contributed by atoms with Crippen molar-refractivity contribution in [1.82, 2.24) is 9.88 Å². The number of carbonyl (C=O) groups excluding carboxylic acids is 1. The van der Waals surface area contributed by atoms with Gasteiger partial charge in [-0.15, -0.1) is 0 Å². The zero-order valence-electron chi connectivity index (χ0n) is 17.9. The Morgan fingerprint density at radius 1 is 1.35 bits per heavy atom. The van der Waals surface area contributed by atoms with Crippen molar-refractivity contribution in [1.29, 1.82) is 0 Å². The summed E-state index contributed by atoms with van der Waals surface area (Å²) in [4.78, 5) is 28.5. The van der Waals surface area contributed by atoms with E-state index < -0.39 is 51.3 Å². The molecule has 2 heterocycles. The number of para-hydroxylation sites is 1. The van der Waals surface area contributed by atoms with Crippen LogP contribution in [-0.2, 0) is 19.0 Å². The third-order valence-corrected chi connectivity index (χ3v) is 5.70. The molecule has 1 aromatic heterocycles. The van der Waals surface area contributed by atoms with Crippen LogP contribution in [0.3, 0.4) is 0 Å². The highest BCUT2D eigenvalue weighted by Gasteiger charge is 2.48. The number of rotatable bonds is 6. The van der Waals surface area contributed by atoms with Crippen molar-refractivity contribution < 1.29 is 27.1 Å². The van der Waals surface area contributed by atoms with Crippen LogP contribution in [0.4, 0.5) is 4.79 Å². The molecular formula is C20H27N3O7S. The van der Waals surface area contributed by atoms with Gasteiger partial charge in [-0.3, -0.25) is 14.3 Å². The minimum absolute atomic E-state index is 0.163. The normalized spacial score (nSPS) is 20.7. The molecule has 0 saturated carbocycles. The summed E-state index contributed by atoms with van der Waals surface area (Å²) in [7, 11) is -3.85. The molecule has 3 rings (SSSR count). The number of hydrogen-bond acceptors (Lipinski definition) is 7. The molecule has 1 amide bonds. The van der Waals surface area contributed by atoms with E-state index in [-0.39, 0.29) is 13.0 Å². The second kappa shape index (κ2) is 8.46. The standard InChI is InChI=1S/C20H27N3O7S/c1-20(2,3)29-19(24)22-10-9-17(30-31(4,27)28)18(22)15(12-23(25)26)14-11-21-16-8-6-5-7-13(14)16/h5-8,11,15,17-18,21H,9-10,12H2,1-4H3/t15-,17-,18+/m0/s1. The molecule has 11 heteroatoms. The number of carbonyl (C=O) groups is 1. The zero-order chi connectivity index (χ0) is 23.0. The molecule has 1 aliphatic rings. The highest BCUT2D eigenvalue weighted by atomic mass is 32.2. The number of ether oxygens (including phenoxy) is 1. The first kappa shape index (κ1) is 23.0. The Labute approximate surface area is 180 Å². The van der Waals surface area contributed by atoms with Crippen molar-refractivity contribution >= 4 is 27.1 Å². The van der Waals surface area contributed by atoms with Crippen LogP contribution in [0.1, 0.15) is 38.7 Å². The maximum absolute atomic E-state index is 12.9. The highest BCUT2D eigenvalue weighted by molar-refractivity contribution is 7.86. The Morgan fingerprint density at radius 2 is 2.03 bits per heavy atom. The van der Waals surface area contributed by atoms with Crippen molar-refractivity contribution in [3.8, 4) is 0 Å². The Bertz CT molecular complexity index is 1070. The van der Waals surface area contributed by atoms with E-state index in [4.69, 9.17) is 8.92 Å². The van der Waals surface area contributed by atoms with E-state index in [1.807, 2.05) is 24.3 Å². The van der Waals surface area contributed by atoms with E-state index in [9.17, 15) is 23.3 Å². The molecule has 1 aliphatic heterocycles. The molecule has 31 heavy (non-hydrogen) atoms. The molecule has 1 saturated heterocycles. The largest absolute Gasteiger partial charge is 0.444 e. The first-order valence-corrected chi connectivity index (χ1v) is 11.7. The minimum Gasteiger partial charge on any atom is -0.444 e. The van der Waals surface area contributed by atoms with Gasteiger partial charge in [0.05, 0.1) is 18.2 Å². The molecule has 0 unspecified atom stereocenters. The molecule has 170 valence electrons. The average molecular weight is 454 g/mol. The SMILES string of the molecule is CC(C)(C)OC(=O)N1CC[C@H](OS(C)(=O)=O)[C@H]1[C@@H](C[N+](=O)[O-])c1c[nH]c2ccccc12. The number of nitrogens with zero attached hydrogens (tertiary/aromatic N) is 2. The first-order chi connectivity index (χ1) is 14.4. The summed E-state index contributed by atoms with van der Waals surface area (Å²) in [5, 5.41) is 12.4. The lowest BCUT2D eigenvalue weighted by molar-refractivity contribution is -0.484. The van der Waals surface area contributed by atoms with E-state index in [0.29, 0.717) is 5.56 Å². The van der Waals surface area contributed by atoms with Gasteiger partial charge in [0.25, 0.3) is 10.1 Å². The van der Waals surface area contributed by atoms with Crippen LogP contribution in [0.2, 0.25) is 0 Å². The lowest BCUT2D eigenvalue weighted by Gasteiger charge is -2.33. The molecule has 0 bridgehead atoms. The molecule has 0 aliphatic carbocycles. The number of nitrogens with one attached hydrogen (secondary N) is 1. The van der Waals surface area contributed by atoms with Crippen LogP contribution in [0, 0.1) is 10.1 Å². The summed E-state index contributed by atoms with van der Waals surface area (Å²) >= 11 is 0. The van der Waals surface area contributed by atoms with E-state index in [1.54, 1.807) is 27.0 Å². The summed E-state index contributed by atoms with van der Waals surface area (Å²) in [6.07, 6.45) is 1.22. The van der Waals surface area contributed by atoms with Gasteiger partial charge in [-0.2, -0.15) is 8.42 Å². The topological polar surface area (TPSA) is 132 Å². The number of hydrogen-bond donors (Lipinski definition) is 1. The third kappa shape index (κ3) is 5.53. The Hall–Kier alpha value is -2.66. The van der Waals surface area contributed by atoms with Crippen LogP contribution in [-0.4, -0.2) is 66.4 Å². The van der Waals surface area contributed by atoms with Gasteiger partial charge in [-0.1, -0.05) is 18.2 Å². The van der Waals surface area contributed by atoms with Gasteiger partial charge in [0, 0.05) is 28.6 Å². The number of fused-ring (bicyclic) bond motifs is 1. The van der Waals surface area contributed by atoms with E-state index >= 15 is 0 Å². The Morgan fingerprint density at radius 3 is 2.65 bits per heavy atom. The first-order valence-electron chi connectivity index (χ1n) is 9.91. The van der Waals surface area contributed by atoms with Crippen LogP contribution in [0.5, 0.6) is 0 Å². The van der Waals surface area contributed by atoms with Gasteiger partial charge in [-0.05, 0) is 38.8 Å². The fourth-order valence-electron chi connectivity index (χ4n) is 4.08. The van der Waals surface area contributed by atoms with Gasteiger partial charge >= 0.3 is 6.09 Å². The number of amides is 1. The summed E-state index contributed by atoms with van der Waals surface area (Å²) in [6, 6.07) is 6.42. The summed E-state index contributed by atoms with van der Waals surface area (Å²) in [5.41, 5.74) is 0.625. The molecular weight excluding hydrogens is 426 g/mol. The molecule has 1 N–H and O–H groups in total. The van der Waals surface area contributed by atoms with Crippen molar-refractivity contribution in [3.05, 3.63) is 46.1 Å². The smallest absolute Gasteiger partial charge is 0.410 e. The van der Waals surface area contributed by atoms with Crippen LogP contribution < -0.4 is 0 Å². The quantitative estimate of drug-likeness (QED) is 0.404. The average Bonchev–Trinajstić information content (AvgIpc) is 3.21. The molecule has 2 aromatic rings. The number of aromatic nitrogens is 1. The van der Waals surface area contributed by atoms with Crippen molar-refractivity contribution in [3.63, 3.8) is 0 Å². The maximum atomic E-state index is 12.9. The molecule has 1 aromatic carbocycles. The zero-order valence-corrected chi connectivity index (χ0v) is 18.7. The highest BCUT2D eigenvalue weighted by Crippen LogP contribution is 2.37. The number of H-pyrrole nitrogens is 1. The van der Waals surface area contributed by atoms with Crippen molar-refractivity contribution in [2.24, 2.45) is 0 Å². The predicted octanol–water partition coefficient (Wildman–Crippen LogP) is 2.88. The maximum Gasteiger partial charge on any atom is 0.410 e. The van der Waals surface area contributed by atoms with E-state index in [0.717, 1.165) is 17.2 Å². The van der Waals surface area contributed by atoms with Crippen molar-refractivity contribution in [2.45, 2.75) is 50.9 Å². The van der Waals surface area contributed by atoms with Gasteiger partial charge in [0.15, 0.2) is 0 Å². The summed E-state index contributed by atoms with van der Waals surface area (Å²) < 4.78 is 34.5. The Balaban J connectivity index is 2.08. The second-order valence-corrected chi connectivity index (χ2v) is 10.3. The summed E-state index contributed by atoms with van der Waals surface area (Å²) in [5.74, 6) is -0.812. The molecule has 1 fully saturated rings. The van der Waals surface area contributed by atoms with Gasteiger partial charge in [0.2, 0.25) is 6.54 Å². The third-order valence-electron chi connectivity index (χ3n) is 5.10. The lowest BCUT2D eigenvalue weighted by atomic mass is 9.88. The van der Waals surface area contributed by atoms with Gasteiger partial charge in [-0.25, -0.2) is 4.79 Å². The number of benzene rings is 1. The molecule has 3 atom stereocenters. The second-order valence-electron chi connectivity index (χ2n) is 8.70. The van der Waals surface area contributed by atoms with Crippen LogP contribution in [0.15, 0.2) is 30.5 Å². The molecule has 10 nitrogen and oxygen atoms in total. The van der Waals surface area contributed by atoms with Crippen LogP contribution in [0.25, 0.3) is 10.9 Å². The number of likely N-dealkylation sites (tertiary alicyclic amines) is 1. The fourth-order valence-corrected chi connectivity index (χ4v) is 4.74. The van der Waals surface area contributed by atoms with E-state index in [2.05, 4.69) is 4.98 Å². The minimum atomic E-state index is -3.85.